The fourth-order valence-electron chi connectivity index (χ4n) is 1.10. The molecule has 1 N–H and O–H groups in total. The topological polar surface area (TPSA) is 29.1 Å². The summed E-state index contributed by atoms with van der Waals surface area (Å²) in [5, 5.41) is 2.86. The van der Waals surface area contributed by atoms with Gasteiger partial charge in [-0.2, -0.15) is 0 Å². The average molecular weight is 139 g/mol. The summed E-state index contributed by atoms with van der Waals surface area (Å²) in [6.07, 6.45) is 3.79. The molecule has 10 heavy (non-hydrogen) atoms. The number of amides is 1. The second-order valence-corrected chi connectivity index (χ2v) is 2.94. The van der Waals surface area contributed by atoms with E-state index in [-0.39, 0.29) is 5.91 Å². The number of rotatable bonds is 0. The second-order valence-electron chi connectivity index (χ2n) is 2.94. The molecule has 1 aliphatic heterocycles. The van der Waals surface area contributed by atoms with Crippen molar-refractivity contribution in [1.29, 1.82) is 0 Å². The summed E-state index contributed by atoms with van der Waals surface area (Å²) in [5.74, 6) is 0.0579. The Kier molecular flexibility index (Phi) is 2.10. The van der Waals surface area contributed by atoms with E-state index >= 15 is 0 Å². The van der Waals surface area contributed by atoms with E-state index in [0.717, 1.165) is 12.8 Å². The van der Waals surface area contributed by atoms with E-state index in [4.69, 9.17) is 0 Å². The van der Waals surface area contributed by atoms with Crippen LogP contribution in [-0.4, -0.2) is 11.9 Å². The van der Waals surface area contributed by atoms with Crippen LogP contribution >= 0.6 is 0 Å². The molecule has 1 atom stereocenters. The molecule has 1 rings (SSSR count). The van der Waals surface area contributed by atoms with Gasteiger partial charge in [0.25, 0.3) is 0 Å². The molecule has 1 aliphatic rings. The minimum Gasteiger partial charge on any atom is -0.350 e. The summed E-state index contributed by atoms with van der Waals surface area (Å²) in [5.41, 5.74) is 1.18. The zero-order valence-electron chi connectivity index (χ0n) is 6.48. The first-order valence-corrected chi connectivity index (χ1v) is 3.66. The average Bonchev–Trinajstić information content (AvgIpc) is 1.93. The van der Waals surface area contributed by atoms with Gasteiger partial charge in [0.15, 0.2) is 0 Å². The normalized spacial score (nSPS) is 26.8. The fourth-order valence-corrected chi connectivity index (χ4v) is 1.10. The Morgan fingerprint density at radius 1 is 1.70 bits per heavy atom. The highest BCUT2D eigenvalue weighted by molar-refractivity contribution is 5.88. The zero-order chi connectivity index (χ0) is 7.56. The molecule has 0 aromatic carbocycles. The highest BCUT2D eigenvalue weighted by atomic mass is 16.1. The van der Waals surface area contributed by atoms with Crippen molar-refractivity contribution in [3.8, 4) is 0 Å². The fraction of sp³-hybridized carbons (Fsp3) is 0.625. The van der Waals surface area contributed by atoms with Gasteiger partial charge < -0.3 is 5.32 Å². The molecule has 0 saturated heterocycles. The van der Waals surface area contributed by atoms with Crippen molar-refractivity contribution in [1.82, 2.24) is 5.32 Å². The van der Waals surface area contributed by atoms with E-state index in [1.807, 2.05) is 13.8 Å². The molecule has 2 heteroatoms. The predicted octanol–water partition coefficient (Wildman–Crippen LogP) is 1.23. The van der Waals surface area contributed by atoms with Crippen molar-refractivity contribution < 1.29 is 4.79 Å². The van der Waals surface area contributed by atoms with Gasteiger partial charge in [0.1, 0.15) is 0 Å². The standard InChI is InChI=1S/C8H13NO/c1-6-3-4-7(2)9-8(10)5-6/h5,7H,3-4H2,1-2H3,(H,9,10). The maximum Gasteiger partial charge on any atom is 0.244 e. The lowest BCUT2D eigenvalue weighted by atomic mass is 10.1. The van der Waals surface area contributed by atoms with Gasteiger partial charge in [-0.3, -0.25) is 4.79 Å². The first-order chi connectivity index (χ1) is 4.68. The Morgan fingerprint density at radius 2 is 2.40 bits per heavy atom. The highest BCUT2D eigenvalue weighted by Crippen LogP contribution is 2.09. The molecule has 1 unspecified atom stereocenters. The highest BCUT2D eigenvalue weighted by Gasteiger charge is 2.09. The Bertz CT molecular complexity index is 172. The first kappa shape index (κ1) is 7.32. The zero-order valence-corrected chi connectivity index (χ0v) is 6.48. The molecule has 56 valence electrons. The van der Waals surface area contributed by atoms with Gasteiger partial charge in [0.2, 0.25) is 5.91 Å². The Labute approximate surface area is 61.3 Å². The molecule has 0 spiro atoms. The molecular weight excluding hydrogens is 126 g/mol. The van der Waals surface area contributed by atoms with Crippen LogP contribution in [0.4, 0.5) is 0 Å². The summed E-state index contributed by atoms with van der Waals surface area (Å²) in [6, 6.07) is 0.334. The van der Waals surface area contributed by atoms with E-state index in [1.165, 1.54) is 5.57 Å². The van der Waals surface area contributed by atoms with Crippen molar-refractivity contribution in [2.75, 3.05) is 0 Å². The smallest absolute Gasteiger partial charge is 0.244 e. The molecule has 0 bridgehead atoms. The second kappa shape index (κ2) is 2.86. The van der Waals surface area contributed by atoms with Crippen LogP contribution in [-0.2, 0) is 4.79 Å². The molecular formula is C8H13NO. The van der Waals surface area contributed by atoms with Crippen LogP contribution in [0.25, 0.3) is 0 Å². The third-order valence-electron chi connectivity index (χ3n) is 1.74. The molecule has 1 amide bonds. The van der Waals surface area contributed by atoms with Crippen molar-refractivity contribution in [3.63, 3.8) is 0 Å². The summed E-state index contributed by atoms with van der Waals surface area (Å²) in [6.45, 7) is 4.03. The number of carbonyl (C=O) groups is 1. The largest absolute Gasteiger partial charge is 0.350 e. The van der Waals surface area contributed by atoms with Crippen molar-refractivity contribution >= 4 is 5.91 Å². The molecule has 2 nitrogen and oxygen atoms in total. The van der Waals surface area contributed by atoms with E-state index in [1.54, 1.807) is 6.08 Å². The van der Waals surface area contributed by atoms with Crippen molar-refractivity contribution in [2.24, 2.45) is 0 Å². The number of carbonyl (C=O) groups excluding carboxylic acids is 1. The van der Waals surface area contributed by atoms with Crippen molar-refractivity contribution in [2.45, 2.75) is 32.7 Å². The quantitative estimate of drug-likeness (QED) is 0.537. The Morgan fingerprint density at radius 3 is 3.10 bits per heavy atom. The van der Waals surface area contributed by atoms with Crippen molar-refractivity contribution in [3.05, 3.63) is 11.6 Å². The van der Waals surface area contributed by atoms with Gasteiger partial charge in [-0.1, -0.05) is 5.57 Å². The summed E-state index contributed by atoms with van der Waals surface area (Å²) < 4.78 is 0. The SMILES string of the molecule is CC1=CC(=O)NC(C)CC1. The monoisotopic (exact) mass is 139 g/mol. The molecule has 0 radical (unpaired) electrons. The van der Waals surface area contributed by atoms with E-state index in [9.17, 15) is 4.79 Å². The minimum atomic E-state index is 0.0579. The van der Waals surface area contributed by atoms with Gasteiger partial charge in [-0.05, 0) is 26.7 Å². The van der Waals surface area contributed by atoms with E-state index < -0.39 is 0 Å². The summed E-state index contributed by atoms with van der Waals surface area (Å²) in [4.78, 5) is 10.9. The van der Waals surface area contributed by atoms with E-state index in [2.05, 4.69) is 5.32 Å². The van der Waals surface area contributed by atoms with Crippen LogP contribution in [0.5, 0.6) is 0 Å². The van der Waals surface area contributed by atoms with Gasteiger partial charge in [-0.15, -0.1) is 0 Å². The predicted molar refractivity (Wildman–Crippen MR) is 40.6 cm³/mol. The molecule has 0 aromatic rings. The minimum absolute atomic E-state index is 0.0579. The maximum atomic E-state index is 10.9. The molecule has 0 fully saturated rings. The molecule has 0 aromatic heterocycles. The lowest BCUT2D eigenvalue weighted by Gasteiger charge is -2.07. The van der Waals surface area contributed by atoms with Crippen LogP contribution in [0.15, 0.2) is 11.6 Å². The summed E-state index contributed by atoms with van der Waals surface area (Å²) in [7, 11) is 0. The van der Waals surface area contributed by atoms with Gasteiger partial charge in [0.05, 0.1) is 0 Å². The molecule has 0 saturated carbocycles. The van der Waals surface area contributed by atoms with Crippen LogP contribution in [0, 0.1) is 0 Å². The summed E-state index contributed by atoms with van der Waals surface area (Å²) >= 11 is 0. The van der Waals surface area contributed by atoms with E-state index in [0.29, 0.717) is 6.04 Å². The third kappa shape index (κ3) is 1.87. The van der Waals surface area contributed by atoms with Gasteiger partial charge in [0, 0.05) is 12.1 Å². The van der Waals surface area contributed by atoms with Gasteiger partial charge in [-0.25, -0.2) is 0 Å². The lowest BCUT2D eigenvalue weighted by Crippen LogP contribution is -2.29. The number of hydrogen-bond acceptors (Lipinski definition) is 1. The van der Waals surface area contributed by atoms with Crippen LogP contribution in [0.1, 0.15) is 26.7 Å². The third-order valence-corrected chi connectivity index (χ3v) is 1.74. The number of hydrogen-bond donors (Lipinski definition) is 1. The first-order valence-electron chi connectivity index (χ1n) is 3.66. The number of allylic oxidation sites excluding steroid dienone is 1. The Balaban J connectivity index is 2.62. The molecule has 0 aliphatic carbocycles. The van der Waals surface area contributed by atoms with Crippen LogP contribution < -0.4 is 5.32 Å². The maximum absolute atomic E-state index is 10.9. The van der Waals surface area contributed by atoms with Crippen LogP contribution in [0.3, 0.4) is 0 Å². The number of nitrogens with one attached hydrogen (secondary N) is 1. The Hall–Kier alpha value is -0.790. The molecule has 1 heterocycles. The van der Waals surface area contributed by atoms with Crippen LogP contribution in [0.2, 0.25) is 0 Å². The van der Waals surface area contributed by atoms with Gasteiger partial charge >= 0.3 is 0 Å². The lowest BCUT2D eigenvalue weighted by molar-refractivity contribution is -0.116.